The summed E-state index contributed by atoms with van der Waals surface area (Å²) in [5, 5.41) is 38.7. The predicted molar refractivity (Wildman–Crippen MR) is 180 cm³/mol. The molecule has 0 spiro atoms. The topological polar surface area (TPSA) is 173 Å². The molecule has 11 heteroatoms. The Labute approximate surface area is 274 Å². The maximum Gasteiger partial charge on any atom is 0.204 e. The number of rotatable bonds is 10. The van der Waals surface area contributed by atoms with Gasteiger partial charge in [-0.05, 0) is 47.5 Å². The zero-order valence-corrected chi connectivity index (χ0v) is 26.2. The monoisotopic (exact) mass is 652 g/mol. The number of hydrogen-bond acceptors (Lipinski definition) is 11. The molecule has 11 nitrogen and oxygen atoms in total. The van der Waals surface area contributed by atoms with Crippen molar-refractivity contribution < 1.29 is 48.6 Å². The Balaban J connectivity index is 0.000000223. The minimum Gasteiger partial charge on any atom is -0.507 e. The zero-order valence-electron chi connectivity index (χ0n) is 26.2. The van der Waals surface area contributed by atoms with Crippen molar-refractivity contribution in [1.82, 2.24) is 0 Å². The largest absolute Gasteiger partial charge is 0.507 e. The maximum absolute atomic E-state index is 12.2. The van der Waals surface area contributed by atoms with E-state index < -0.39 is 5.43 Å². The van der Waals surface area contributed by atoms with Crippen molar-refractivity contribution >= 4 is 34.7 Å². The molecule has 0 aliphatic heterocycles. The lowest BCUT2D eigenvalue weighted by Gasteiger charge is -2.09. The van der Waals surface area contributed by atoms with Gasteiger partial charge in [0.05, 0.1) is 27.8 Å². The van der Waals surface area contributed by atoms with Gasteiger partial charge in [0.1, 0.15) is 16.9 Å². The Morgan fingerprint density at radius 2 is 1.21 bits per heavy atom. The van der Waals surface area contributed by atoms with E-state index in [9.17, 15) is 34.8 Å². The molecule has 0 saturated carbocycles. The van der Waals surface area contributed by atoms with Crippen LogP contribution in [-0.4, -0.2) is 53.3 Å². The lowest BCUT2D eigenvalue weighted by Crippen LogP contribution is -2.02. The smallest absolute Gasteiger partial charge is 0.204 e. The minimum atomic E-state index is -0.411. The van der Waals surface area contributed by atoms with Crippen LogP contribution in [0.25, 0.3) is 34.4 Å². The number of benzene rings is 4. The molecule has 4 N–H and O–H groups in total. The van der Waals surface area contributed by atoms with Crippen molar-refractivity contribution in [2.45, 2.75) is 6.42 Å². The molecule has 0 atom stereocenters. The van der Waals surface area contributed by atoms with E-state index in [4.69, 9.17) is 18.6 Å². The van der Waals surface area contributed by atoms with E-state index in [0.717, 1.165) is 6.07 Å². The van der Waals surface area contributed by atoms with Crippen LogP contribution in [0.4, 0.5) is 0 Å². The van der Waals surface area contributed by atoms with Gasteiger partial charge in [-0.2, -0.15) is 0 Å². The van der Waals surface area contributed by atoms with Gasteiger partial charge in [-0.15, -0.1) is 0 Å². The molecule has 48 heavy (non-hydrogen) atoms. The average molecular weight is 653 g/mol. The maximum atomic E-state index is 12.2. The van der Waals surface area contributed by atoms with Crippen LogP contribution in [0.1, 0.15) is 17.5 Å². The second-order valence-corrected chi connectivity index (χ2v) is 10.1. The minimum absolute atomic E-state index is 0.00662. The van der Waals surface area contributed by atoms with Crippen molar-refractivity contribution in [3.8, 4) is 51.6 Å². The fourth-order valence-electron chi connectivity index (χ4n) is 4.49. The number of ketones is 2. The van der Waals surface area contributed by atoms with Crippen molar-refractivity contribution in [3.05, 3.63) is 112 Å². The van der Waals surface area contributed by atoms with Gasteiger partial charge in [-0.25, -0.2) is 0 Å². The molecule has 0 aliphatic carbocycles. The standard InChI is InChI=1S/C21H20O6.C16H12O5/c1-26-20-11-14(5-9-18(20)24)3-7-16(22)13-17(23)8-4-15-6-10-19(25)21(12-15)27-2;1-20-15-12(19)7-10(17)14-11(18)8-13(21-16(14)15)9-5-3-2-4-6-9/h3-12,24-25H,13H2,1-2H3;2-8,17,19H,1H3/b7-3+,8-4+;. The molecule has 5 aromatic rings. The van der Waals surface area contributed by atoms with E-state index >= 15 is 0 Å². The van der Waals surface area contributed by atoms with Gasteiger partial charge in [0.25, 0.3) is 0 Å². The fraction of sp³-hybridized carbons (Fsp3) is 0.108. The van der Waals surface area contributed by atoms with E-state index in [1.807, 2.05) is 18.2 Å². The second kappa shape index (κ2) is 15.7. The molecule has 0 amide bonds. The summed E-state index contributed by atoms with van der Waals surface area (Å²) in [7, 11) is 4.21. The number of methoxy groups -OCH3 is 3. The Morgan fingerprint density at radius 1 is 0.667 bits per heavy atom. The van der Waals surface area contributed by atoms with Crippen molar-refractivity contribution in [3.63, 3.8) is 0 Å². The second-order valence-electron chi connectivity index (χ2n) is 10.1. The number of hydrogen-bond donors (Lipinski definition) is 4. The molecule has 0 saturated heterocycles. The van der Waals surface area contributed by atoms with E-state index in [2.05, 4.69) is 0 Å². The van der Waals surface area contributed by atoms with E-state index in [1.165, 1.54) is 51.7 Å². The summed E-state index contributed by atoms with van der Waals surface area (Å²) in [6, 6.07) is 20.8. The van der Waals surface area contributed by atoms with Crippen LogP contribution in [0, 0.1) is 0 Å². The van der Waals surface area contributed by atoms with Crippen LogP contribution < -0.4 is 19.6 Å². The van der Waals surface area contributed by atoms with Crippen molar-refractivity contribution in [2.24, 2.45) is 0 Å². The highest BCUT2D eigenvalue weighted by Gasteiger charge is 2.18. The van der Waals surface area contributed by atoms with E-state index in [1.54, 1.807) is 48.6 Å². The van der Waals surface area contributed by atoms with Crippen LogP contribution in [-0.2, 0) is 9.59 Å². The summed E-state index contributed by atoms with van der Waals surface area (Å²) in [6.07, 6.45) is 5.44. The first kappa shape index (κ1) is 34.4. The van der Waals surface area contributed by atoms with Crippen LogP contribution in [0.3, 0.4) is 0 Å². The molecule has 4 aromatic carbocycles. The molecule has 0 aliphatic rings. The van der Waals surface area contributed by atoms with Gasteiger partial charge in [-0.3, -0.25) is 14.4 Å². The Morgan fingerprint density at radius 3 is 1.71 bits per heavy atom. The summed E-state index contributed by atoms with van der Waals surface area (Å²) < 4.78 is 20.7. The first-order valence-corrected chi connectivity index (χ1v) is 14.3. The third-order valence-electron chi connectivity index (χ3n) is 6.86. The molecule has 0 unspecified atom stereocenters. The van der Waals surface area contributed by atoms with Gasteiger partial charge >= 0.3 is 0 Å². The summed E-state index contributed by atoms with van der Waals surface area (Å²) >= 11 is 0. The number of carbonyl (C=O) groups is 2. The highest BCUT2D eigenvalue weighted by Crippen LogP contribution is 2.40. The van der Waals surface area contributed by atoms with Gasteiger partial charge in [0, 0.05) is 17.7 Å². The average Bonchev–Trinajstić information content (AvgIpc) is 3.08. The molecule has 246 valence electrons. The van der Waals surface area contributed by atoms with Crippen LogP contribution in [0.5, 0.6) is 40.2 Å². The Bertz CT molecular complexity index is 1990. The number of carbonyl (C=O) groups excluding carboxylic acids is 2. The molecule has 0 radical (unpaired) electrons. The van der Waals surface area contributed by atoms with E-state index in [-0.39, 0.29) is 57.7 Å². The normalized spacial score (nSPS) is 10.9. The quantitative estimate of drug-likeness (QED) is 0.0992. The number of allylic oxidation sites excluding steroid dienone is 2. The first-order chi connectivity index (χ1) is 23.0. The van der Waals surface area contributed by atoms with Gasteiger partial charge in [0.15, 0.2) is 51.3 Å². The fourth-order valence-corrected chi connectivity index (χ4v) is 4.49. The predicted octanol–water partition coefficient (Wildman–Crippen LogP) is 6.25. The van der Waals surface area contributed by atoms with Crippen molar-refractivity contribution in [2.75, 3.05) is 21.3 Å². The highest BCUT2D eigenvalue weighted by atomic mass is 16.5. The Hall–Kier alpha value is -6.49. The number of ether oxygens (including phenoxy) is 3. The summed E-state index contributed by atoms with van der Waals surface area (Å²) in [6.45, 7) is 0. The summed E-state index contributed by atoms with van der Waals surface area (Å²) in [5.74, 6) is -0.387. The molecule has 1 heterocycles. The van der Waals surface area contributed by atoms with Gasteiger partial charge in [-0.1, -0.05) is 54.6 Å². The number of fused-ring (bicyclic) bond motifs is 1. The number of phenols is 4. The van der Waals surface area contributed by atoms with Crippen LogP contribution in [0.15, 0.2) is 100 Å². The van der Waals surface area contributed by atoms with Crippen LogP contribution >= 0.6 is 0 Å². The van der Waals surface area contributed by atoms with Crippen LogP contribution in [0.2, 0.25) is 0 Å². The zero-order chi connectivity index (χ0) is 34.8. The molecular weight excluding hydrogens is 620 g/mol. The lowest BCUT2D eigenvalue weighted by molar-refractivity contribution is -0.121. The van der Waals surface area contributed by atoms with Gasteiger partial charge < -0.3 is 39.1 Å². The third kappa shape index (κ3) is 8.40. The Kier molecular flexibility index (Phi) is 11.2. The number of phenolic OH excluding ortho intramolecular Hbond substituents is 4. The van der Waals surface area contributed by atoms with E-state index in [0.29, 0.717) is 33.9 Å². The molecular formula is C37H32O11. The number of aromatic hydroxyl groups is 4. The molecule has 5 rings (SSSR count). The summed E-state index contributed by atoms with van der Waals surface area (Å²) in [5.41, 5.74) is 1.64. The molecule has 0 fully saturated rings. The summed E-state index contributed by atoms with van der Waals surface area (Å²) in [4.78, 5) is 36.1. The lowest BCUT2D eigenvalue weighted by atomic mass is 10.1. The molecule has 0 bridgehead atoms. The first-order valence-electron chi connectivity index (χ1n) is 14.3. The SMILES string of the molecule is COc1c(O)cc(O)c2c(=O)cc(-c3ccccc3)oc12.COc1cc(/C=C/C(=O)CC(=O)/C=C/c2ccc(O)c(OC)c2)ccc1O. The van der Waals surface area contributed by atoms with Crippen molar-refractivity contribution in [1.29, 1.82) is 0 Å². The van der Waals surface area contributed by atoms with Gasteiger partial charge in [0.2, 0.25) is 5.75 Å². The highest BCUT2D eigenvalue weighted by molar-refractivity contribution is 6.10. The third-order valence-corrected chi connectivity index (χ3v) is 6.86. The molecule has 1 aromatic heterocycles.